The fourth-order valence-corrected chi connectivity index (χ4v) is 2.83. The van der Waals surface area contributed by atoms with Gasteiger partial charge in [-0.25, -0.2) is 0 Å². The number of carbonyl (C=O) groups is 1. The Morgan fingerprint density at radius 1 is 1.30 bits per heavy atom. The van der Waals surface area contributed by atoms with Crippen LogP contribution in [0.1, 0.15) is 29.6 Å². The molecule has 1 N–H and O–H groups in total. The molecule has 2 atom stereocenters. The summed E-state index contributed by atoms with van der Waals surface area (Å²) in [6, 6.07) is 11.5. The van der Waals surface area contributed by atoms with Crippen molar-refractivity contribution in [1.29, 1.82) is 5.26 Å². The molecule has 1 aliphatic carbocycles. The molecular weight excluding hydrogens is 250 g/mol. The van der Waals surface area contributed by atoms with Crippen molar-refractivity contribution in [3.63, 3.8) is 0 Å². The zero-order valence-electron chi connectivity index (χ0n) is 11.0. The summed E-state index contributed by atoms with van der Waals surface area (Å²) in [6.45, 7) is 0. The SMILES string of the molecule is N#CC1CCCC1NC(=O)c1cccc2ncccc12. The summed E-state index contributed by atoms with van der Waals surface area (Å²) in [6.07, 6.45) is 4.47. The number of nitrogens with zero attached hydrogens (tertiary/aromatic N) is 2. The van der Waals surface area contributed by atoms with Gasteiger partial charge in [-0.3, -0.25) is 9.78 Å². The molecule has 1 saturated carbocycles. The maximum Gasteiger partial charge on any atom is 0.252 e. The van der Waals surface area contributed by atoms with Gasteiger partial charge in [0.1, 0.15) is 0 Å². The number of hydrogen-bond donors (Lipinski definition) is 1. The maximum atomic E-state index is 12.4. The van der Waals surface area contributed by atoms with Crippen molar-refractivity contribution in [2.45, 2.75) is 25.3 Å². The number of pyridine rings is 1. The standard InChI is InChI=1S/C16H15N3O/c17-10-11-4-1-7-14(11)19-16(20)13-5-2-8-15-12(13)6-3-9-18-15/h2-3,5-6,8-9,11,14H,1,4,7H2,(H,19,20). The number of rotatable bonds is 2. The molecule has 0 bridgehead atoms. The van der Waals surface area contributed by atoms with Crippen molar-refractivity contribution in [1.82, 2.24) is 10.3 Å². The highest BCUT2D eigenvalue weighted by Crippen LogP contribution is 2.25. The van der Waals surface area contributed by atoms with Crippen molar-refractivity contribution in [2.75, 3.05) is 0 Å². The number of fused-ring (bicyclic) bond motifs is 1. The average Bonchev–Trinajstić information content (AvgIpc) is 2.93. The van der Waals surface area contributed by atoms with E-state index < -0.39 is 0 Å². The molecule has 2 unspecified atom stereocenters. The summed E-state index contributed by atoms with van der Waals surface area (Å²) >= 11 is 0. The van der Waals surface area contributed by atoms with Crippen LogP contribution in [-0.2, 0) is 0 Å². The molecule has 1 heterocycles. The first-order valence-corrected chi connectivity index (χ1v) is 6.84. The predicted molar refractivity (Wildman–Crippen MR) is 76.0 cm³/mol. The predicted octanol–water partition coefficient (Wildman–Crippen LogP) is 2.66. The van der Waals surface area contributed by atoms with Gasteiger partial charge in [-0.05, 0) is 37.5 Å². The zero-order chi connectivity index (χ0) is 13.9. The molecule has 0 saturated heterocycles. The normalized spacial score (nSPS) is 21.6. The van der Waals surface area contributed by atoms with E-state index in [1.807, 2.05) is 24.3 Å². The molecule has 4 heteroatoms. The van der Waals surface area contributed by atoms with Crippen LogP contribution >= 0.6 is 0 Å². The summed E-state index contributed by atoms with van der Waals surface area (Å²) in [5.41, 5.74) is 1.43. The lowest BCUT2D eigenvalue weighted by molar-refractivity contribution is 0.0934. The number of amides is 1. The number of benzene rings is 1. The van der Waals surface area contributed by atoms with Crippen LogP contribution in [0.15, 0.2) is 36.5 Å². The highest BCUT2D eigenvalue weighted by atomic mass is 16.1. The topological polar surface area (TPSA) is 65.8 Å². The number of nitrogens with one attached hydrogen (secondary N) is 1. The summed E-state index contributed by atoms with van der Waals surface area (Å²) in [5, 5.41) is 12.9. The monoisotopic (exact) mass is 265 g/mol. The van der Waals surface area contributed by atoms with Crippen LogP contribution in [0, 0.1) is 17.2 Å². The van der Waals surface area contributed by atoms with Crippen LogP contribution in [-0.4, -0.2) is 16.9 Å². The molecule has 3 rings (SSSR count). The van der Waals surface area contributed by atoms with Gasteiger partial charge in [0.2, 0.25) is 0 Å². The molecule has 1 fully saturated rings. The third kappa shape index (κ3) is 2.23. The van der Waals surface area contributed by atoms with Gasteiger partial charge in [-0.2, -0.15) is 5.26 Å². The summed E-state index contributed by atoms with van der Waals surface area (Å²) < 4.78 is 0. The molecule has 0 radical (unpaired) electrons. The van der Waals surface area contributed by atoms with Crippen molar-refractivity contribution in [3.8, 4) is 6.07 Å². The molecule has 2 aromatic rings. The van der Waals surface area contributed by atoms with E-state index in [0.717, 1.165) is 30.2 Å². The fraction of sp³-hybridized carbons (Fsp3) is 0.312. The quantitative estimate of drug-likeness (QED) is 0.907. The maximum absolute atomic E-state index is 12.4. The third-order valence-corrected chi connectivity index (χ3v) is 3.89. The van der Waals surface area contributed by atoms with Gasteiger partial charge in [0, 0.05) is 23.2 Å². The van der Waals surface area contributed by atoms with Crippen molar-refractivity contribution < 1.29 is 4.79 Å². The second-order valence-corrected chi connectivity index (χ2v) is 5.12. The molecule has 0 aliphatic heterocycles. The molecule has 1 aromatic carbocycles. The highest BCUT2D eigenvalue weighted by molar-refractivity contribution is 6.06. The molecule has 1 amide bonds. The van der Waals surface area contributed by atoms with Gasteiger partial charge in [-0.1, -0.05) is 12.1 Å². The molecule has 20 heavy (non-hydrogen) atoms. The van der Waals surface area contributed by atoms with Crippen molar-refractivity contribution in [3.05, 3.63) is 42.1 Å². The second-order valence-electron chi connectivity index (χ2n) is 5.12. The van der Waals surface area contributed by atoms with Crippen LogP contribution in [0.2, 0.25) is 0 Å². The molecule has 1 aliphatic rings. The first-order valence-electron chi connectivity index (χ1n) is 6.84. The minimum absolute atomic E-state index is 0.0283. The van der Waals surface area contributed by atoms with Gasteiger partial charge < -0.3 is 5.32 Å². The highest BCUT2D eigenvalue weighted by Gasteiger charge is 2.28. The lowest BCUT2D eigenvalue weighted by atomic mass is 10.0. The summed E-state index contributed by atoms with van der Waals surface area (Å²) in [4.78, 5) is 16.7. The number of hydrogen-bond acceptors (Lipinski definition) is 3. The average molecular weight is 265 g/mol. The Morgan fingerprint density at radius 3 is 3.05 bits per heavy atom. The first kappa shape index (κ1) is 12.6. The third-order valence-electron chi connectivity index (χ3n) is 3.89. The van der Waals surface area contributed by atoms with Gasteiger partial charge >= 0.3 is 0 Å². The van der Waals surface area contributed by atoms with E-state index in [0.29, 0.717) is 5.56 Å². The Morgan fingerprint density at radius 2 is 2.20 bits per heavy atom. The van der Waals surface area contributed by atoms with Crippen LogP contribution in [0.3, 0.4) is 0 Å². The Balaban J connectivity index is 1.88. The number of carbonyl (C=O) groups excluding carboxylic acids is 1. The molecular formula is C16H15N3O. The lowest BCUT2D eigenvalue weighted by Crippen LogP contribution is -2.37. The van der Waals surface area contributed by atoms with Gasteiger partial charge in [0.25, 0.3) is 5.91 Å². The molecule has 100 valence electrons. The number of nitriles is 1. The van der Waals surface area contributed by atoms with Gasteiger partial charge in [0.05, 0.1) is 17.5 Å². The van der Waals surface area contributed by atoms with E-state index in [-0.39, 0.29) is 17.9 Å². The Hall–Kier alpha value is -2.41. The minimum Gasteiger partial charge on any atom is -0.348 e. The summed E-state index contributed by atoms with van der Waals surface area (Å²) in [7, 11) is 0. The van der Waals surface area contributed by atoms with E-state index in [2.05, 4.69) is 16.4 Å². The van der Waals surface area contributed by atoms with Crippen molar-refractivity contribution >= 4 is 16.8 Å². The van der Waals surface area contributed by atoms with E-state index in [9.17, 15) is 4.79 Å². The fourth-order valence-electron chi connectivity index (χ4n) is 2.83. The lowest BCUT2D eigenvalue weighted by Gasteiger charge is -2.16. The van der Waals surface area contributed by atoms with Crippen LogP contribution in [0.4, 0.5) is 0 Å². The second kappa shape index (κ2) is 5.30. The number of aromatic nitrogens is 1. The van der Waals surface area contributed by atoms with E-state index >= 15 is 0 Å². The van der Waals surface area contributed by atoms with Crippen LogP contribution < -0.4 is 5.32 Å². The zero-order valence-corrected chi connectivity index (χ0v) is 11.0. The van der Waals surface area contributed by atoms with Gasteiger partial charge in [0.15, 0.2) is 0 Å². The summed E-state index contributed by atoms with van der Waals surface area (Å²) in [5.74, 6) is -0.178. The van der Waals surface area contributed by atoms with E-state index in [1.165, 1.54) is 0 Å². The smallest absolute Gasteiger partial charge is 0.252 e. The largest absolute Gasteiger partial charge is 0.348 e. The molecule has 4 nitrogen and oxygen atoms in total. The van der Waals surface area contributed by atoms with E-state index in [4.69, 9.17) is 5.26 Å². The first-order chi connectivity index (χ1) is 9.79. The van der Waals surface area contributed by atoms with Crippen LogP contribution in [0.25, 0.3) is 10.9 Å². The van der Waals surface area contributed by atoms with Crippen molar-refractivity contribution in [2.24, 2.45) is 5.92 Å². The molecule has 0 spiro atoms. The molecule has 1 aromatic heterocycles. The Labute approximate surface area is 117 Å². The van der Waals surface area contributed by atoms with E-state index in [1.54, 1.807) is 12.3 Å². The van der Waals surface area contributed by atoms with Crippen LogP contribution in [0.5, 0.6) is 0 Å². The Bertz CT molecular complexity index is 684. The Kier molecular flexibility index (Phi) is 3.34. The van der Waals surface area contributed by atoms with Gasteiger partial charge in [-0.15, -0.1) is 0 Å². The minimum atomic E-state index is -0.115.